The van der Waals surface area contributed by atoms with E-state index in [-0.39, 0.29) is 0 Å². The molecule has 1 aromatic carbocycles. The Labute approximate surface area is 148 Å². The number of fused-ring (bicyclic) bond motifs is 3. The average molecular weight is 335 g/mol. The molecule has 4 heteroatoms. The highest BCUT2D eigenvalue weighted by atomic mass is 16.3. The van der Waals surface area contributed by atoms with Crippen LogP contribution in [0.25, 0.3) is 10.9 Å². The molecule has 0 saturated heterocycles. The van der Waals surface area contributed by atoms with Gasteiger partial charge < -0.3 is 14.6 Å². The third-order valence-electron chi connectivity index (χ3n) is 5.51. The van der Waals surface area contributed by atoms with Crippen molar-refractivity contribution in [1.82, 2.24) is 14.5 Å². The van der Waals surface area contributed by atoms with Gasteiger partial charge in [-0.1, -0.05) is 18.2 Å². The first kappa shape index (κ1) is 16.3. The molecule has 1 aliphatic rings. The predicted octanol–water partition coefficient (Wildman–Crippen LogP) is 2.88. The first-order valence-electron chi connectivity index (χ1n) is 8.99. The van der Waals surface area contributed by atoms with Gasteiger partial charge >= 0.3 is 0 Å². The summed E-state index contributed by atoms with van der Waals surface area (Å²) < 4.78 is 2.36. The van der Waals surface area contributed by atoms with Crippen LogP contribution in [0, 0.1) is 0 Å². The second-order valence-electron chi connectivity index (χ2n) is 7.10. The lowest BCUT2D eigenvalue weighted by atomic mass is 9.99. The fourth-order valence-electron chi connectivity index (χ4n) is 4.11. The molecule has 4 rings (SSSR count). The number of rotatable bonds is 3. The lowest BCUT2D eigenvalue weighted by molar-refractivity contribution is 0.178. The highest BCUT2D eigenvalue weighted by Crippen LogP contribution is 2.32. The first-order valence-corrected chi connectivity index (χ1v) is 8.99. The number of para-hydroxylation sites is 1. The second kappa shape index (κ2) is 6.62. The molecule has 0 bridgehead atoms. The molecular formula is C21H25N3O. The lowest BCUT2D eigenvalue weighted by Gasteiger charge is -2.15. The maximum Gasteiger partial charge on any atom is 0.0832 e. The van der Waals surface area contributed by atoms with Gasteiger partial charge in [0, 0.05) is 56.5 Å². The van der Waals surface area contributed by atoms with Crippen molar-refractivity contribution in [2.75, 3.05) is 20.1 Å². The summed E-state index contributed by atoms with van der Waals surface area (Å²) in [6, 6.07) is 10.3. The van der Waals surface area contributed by atoms with Crippen LogP contribution in [-0.2, 0) is 26.3 Å². The Balaban J connectivity index is 1.75. The van der Waals surface area contributed by atoms with Gasteiger partial charge in [-0.3, -0.25) is 4.98 Å². The molecule has 1 atom stereocenters. The van der Waals surface area contributed by atoms with E-state index < -0.39 is 6.10 Å². The number of likely N-dealkylation sites (N-methyl/N-ethyl adjacent to an activating group) is 1. The molecule has 0 amide bonds. The molecule has 0 radical (unpaired) electrons. The SMILES string of the molecule is CN1CCc2c(n(C)c3c(CC(O)c4ccncc4)cccc23)CC1. The van der Waals surface area contributed by atoms with Gasteiger partial charge in [0.15, 0.2) is 0 Å². The quantitative estimate of drug-likeness (QED) is 0.800. The molecule has 3 heterocycles. The Morgan fingerprint density at radius 2 is 1.84 bits per heavy atom. The fourth-order valence-corrected chi connectivity index (χ4v) is 4.11. The Kier molecular flexibility index (Phi) is 4.32. The smallest absolute Gasteiger partial charge is 0.0832 e. The van der Waals surface area contributed by atoms with Gasteiger partial charge in [-0.25, -0.2) is 0 Å². The molecule has 25 heavy (non-hydrogen) atoms. The van der Waals surface area contributed by atoms with Crippen LogP contribution >= 0.6 is 0 Å². The third kappa shape index (κ3) is 2.96. The second-order valence-corrected chi connectivity index (χ2v) is 7.10. The molecule has 0 spiro atoms. The van der Waals surface area contributed by atoms with Crippen molar-refractivity contribution in [1.29, 1.82) is 0 Å². The summed E-state index contributed by atoms with van der Waals surface area (Å²) in [5.41, 5.74) is 6.35. The van der Waals surface area contributed by atoms with E-state index in [0.29, 0.717) is 6.42 Å². The van der Waals surface area contributed by atoms with Crippen LogP contribution in [0.1, 0.15) is 28.5 Å². The van der Waals surface area contributed by atoms with Crippen molar-refractivity contribution < 1.29 is 5.11 Å². The van der Waals surface area contributed by atoms with Gasteiger partial charge in [-0.05, 0) is 42.3 Å². The number of aromatic nitrogens is 2. The highest BCUT2D eigenvalue weighted by molar-refractivity contribution is 5.88. The molecule has 4 nitrogen and oxygen atoms in total. The Morgan fingerprint density at radius 3 is 2.64 bits per heavy atom. The normalized spacial score (nSPS) is 16.6. The number of aryl methyl sites for hydroxylation is 1. The van der Waals surface area contributed by atoms with Crippen molar-refractivity contribution in [2.45, 2.75) is 25.4 Å². The Bertz CT molecular complexity index is 885. The van der Waals surface area contributed by atoms with Crippen molar-refractivity contribution >= 4 is 10.9 Å². The number of aliphatic hydroxyl groups is 1. The number of pyridine rings is 1. The zero-order chi connectivity index (χ0) is 17.4. The summed E-state index contributed by atoms with van der Waals surface area (Å²) in [4.78, 5) is 6.44. The van der Waals surface area contributed by atoms with Gasteiger partial charge in [0.05, 0.1) is 11.6 Å². The van der Waals surface area contributed by atoms with Crippen LogP contribution in [0.5, 0.6) is 0 Å². The largest absolute Gasteiger partial charge is 0.388 e. The fraction of sp³-hybridized carbons (Fsp3) is 0.381. The summed E-state index contributed by atoms with van der Waals surface area (Å²) in [7, 11) is 4.37. The van der Waals surface area contributed by atoms with Crippen LogP contribution in [0.4, 0.5) is 0 Å². The average Bonchev–Trinajstić information content (AvgIpc) is 2.77. The molecule has 2 aromatic heterocycles. The van der Waals surface area contributed by atoms with E-state index in [0.717, 1.165) is 31.5 Å². The van der Waals surface area contributed by atoms with E-state index in [1.807, 2.05) is 12.1 Å². The maximum absolute atomic E-state index is 10.7. The lowest BCUT2D eigenvalue weighted by Crippen LogP contribution is -2.21. The van der Waals surface area contributed by atoms with E-state index in [2.05, 4.69) is 46.7 Å². The minimum absolute atomic E-state index is 0.505. The van der Waals surface area contributed by atoms with Gasteiger partial charge in [-0.15, -0.1) is 0 Å². The number of benzene rings is 1. The number of hydrogen-bond donors (Lipinski definition) is 1. The number of hydrogen-bond acceptors (Lipinski definition) is 3. The molecule has 0 fully saturated rings. The van der Waals surface area contributed by atoms with Gasteiger partial charge in [0.2, 0.25) is 0 Å². The van der Waals surface area contributed by atoms with Crippen LogP contribution in [0.2, 0.25) is 0 Å². The Hall–Kier alpha value is -2.17. The minimum Gasteiger partial charge on any atom is -0.388 e. The van der Waals surface area contributed by atoms with Crippen molar-refractivity contribution in [3.63, 3.8) is 0 Å². The molecule has 130 valence electrons. The molecule has 3 aromatic rings. The molecule has 1 unspecified atom stereocenters. The molecular weight excluding hydrogens is 310 g/mol. The maximum atomic E-state index is 10.7. The van der Waals surface area contributed by atoms with E-state index in [4.69, 9.17) is 0 Å². The number of nitrogens with zero attached hydrogens (tertiary/aromatic N) is 3. The minimum atomic E-state index is -0.505. The van der Waals surface area contributed by atoms with Crippen LogP contribution in [0.15, 0.2) is 42.7 Å². The van der Waals surface area contributed by atoms with E-state index >= 15 is 0 Å². The standard InChI is InChI=1S/C21H25N3O/c1-23-12-8-17-18-5-3-4-16(21(18)24(2)19(17)9-13-23)14-20(25)15-6-10-22-11-7-15/h3-7,10-11,20,25H,8-9,12-14H2,1-2H3. The molecule has 0 aliphatic carbocycles. The van der Waals surface area contributed by atoms with Gasteiger partial charge in [0.25, 0.3) is 0 Å². The zero-order valence-electron chi connectivity index (χ0n) is 14.9. The molecule has 0 saturated carbocycles. The molecule has 1 aliphatic heterocycles. The third-order valence-corrected chi connectivity index (χ3v) is 5.51. The van der Waals surface area contributed by atoms with Crippen molar-refractivity contribution in [3.05, 3.63) is 65.1 Å². The summed E-state index contributed by atoms with van der Waals surface area (Å²) in [6.45, 7) is 2.21. The first-order chi connectivity index (χ1) is 12.1. The number of aliphatic hydroxyl groups excluding tert-OH is 1. The van der Waals surface area contributed by atoms with Gasteiger partial charge in [0.1, 0.15) is 0 Å². The Morgan fingerprint density at radius 1 is 1.08 bits per heavy atom. The van der Waals surface area contributed by atoms with E-state index in [9.17, 15) is 5.11 Å². The zero-order valence-corrected chi connectivity index (χ0v) is 14.9. The summed E-state index contributed by atoms with van der Waals surface area (Å²) >= 11 is 0. The van der Waals surface area contributed by atoms with E-state index in [1.54, 1.807) is 12.4 Å². The summed E-state index contributed by atoms with van der Waals surface area (Å²) in [5.74, 6) is 0. The predicted molar refractivity (Wildman–Crippen MR) is 101 cm³/mol. The van der Waals surface area contributed by atoms with Crippen LogP contribution in [0.3, 0.4) is 0 Å². The monoisotopic (exact) mass is 335 g/mol. The molecule has 1 N–H and O–H groups in total. The van der Waals surface area contributed by atoms with Crippen LogP contribution < -0.4 is 0 Å². The van der Waals surface area contributed by atoms with Gasteiger partial charge in [-0.2, -0.15) is 0 Å². The highest BCUT2D eigenvalue weighted by Gasteiger charge is 2.21. The van der Waals surface area contributed by atoms with Crippen LogP contribution in [-0.4, -0.2) is 39.7 Å². The summed E-state index contributed by atoms with van der Waals surface area (Å²) in [6.07, 6.45) is 5.77. The summed E-state index contributed by atoms with van der Waals surface area (Å²) in [5, 5.41) is 12.0. The topological polar surface area (TPSA) is 41.3 Å². The van der Waals surface area contributed by atoms with Crippen molar-refractivity contribution in [2.24, 2.45) is 7.05 Å². The van der Waals surface area contributed by atoms with Crippen molar-refractivity contribution in [3.8, 4) is 0 Å². The van der Waals surface area contributed by atoms with E-state index in [1.165, 1.54) is 27.7 Å².